The van der Waals surface area contributed by atoms with Crippen LogP contribution in [0.5, 0.6) is 0 Å². The molecule has 5 rings (SSSR count). The number of nitrogens with one attached hydrogen (secondary N) is 1. The van der Waals surface area contributed by atoms with Crippen LogP contribution in [0.15, 0.2) is 78.2 Å². The van der Waals surface area contributed by atoms with Crippen molar-refractivity contribution in [2.45, 2.75) is 50.0 Å². The Balaban J connectivity index is 1.62. The number of hydrogen-bond acceptors (Lipinski definition) is 6. The monoisotopic (exact) mass is 682 g/mol. The van der Waals surface area contributed by atoms with Gasteiger partial charge in [-0.3, -0.25) is 9.69 Å². The Morgan fingerprint density at radius 1 is 1.02 bits per heavy atom. The molecule has 13 heteroatoms. The van der Waals surface area contributed by atoms with Crippen molar-refractivity contribution in [1.29, 1.82) is 0 Å². The number of rotatable bonds is 9. The summed E-state index contributed by atoms with van der Waals surface area (Å²) < 4.78 is 34.2. The zero-order valence-electron chi connectivity index (χ0n) is 25.0. The van der Waals surface area contributed by atoms with Crippen molar-refractivity contribution in [1.82, 2.24) is 3.97 Å². The highest BCUT2D eigenvalue weighted by Crippen LogP contribution is 2.41. The number of primary amides is 1. The molecule has 0 saturated heterocycles. The average Bonchev–Trinajstić information content (AvgIpc) is 3.38. The van der Waals surface area contributed by atoms with E-state index in [1.54, 1.807) is 37.3 Å². The Morgan fingerprint density at radius 3 is 2.37 bits per heavy atom. The van der Waals surface area contributed by atoms with Crippen molar-refractivity contribution in [3.05, 3.63) is 94.6 Å². The summed E-state index contributed by atoms with van der Waals surface area (Å²) in [5.74, 6) is -1.77. The van der Waals surface area contributed by atoms with Crippen LogP contribution in [0.4, 0.5) is 16.2 Å². The number of aromatic nitrogens is 1. The maximum absolute atomic E-state index is 14.1. The molecule has 1 aliphatic carbocycles. The van der Waals surface area contributed by atoms with Crippen LogP contribution in [0.3, 0.4) is 0 Å². The van der Waals surface area contributed by atoms with Crippen LogP contribution in [0.1, 0.15) is 55.1 Å². The number of nitrogens with two attached hydrogens (primary N) is 1. The first-order chi connectivity index (χ1) is 21.9. The minimum atomic E-state index is -4.45. The highest BCUT2D eigenvalue weighted by atomic mass is 35.5. The van der Waals surface area contributed by atoms with E-state index < -0.39 is 33.6 Å². The Kier molecular flexibility index (Phi) is 9.76. The van der Waals surface area contributed by atoms with Crippen molar-refractivity contribution in [3.8, 4) is 0 Å². The fraction of sp³-hybridized carbons (Fsp3) is 0.242. The van der Waals surface area contributed by atoms with Gasteiger partial charge in [0.05, 0.1) is 22.0 Å². The summed E-state index contributed by atoms with van der Waals surface area (Å²) in [5, 5.41) is 2.92. The van der Waals surface area contributed by atoms with Gasteiger partial charge in [-0.2, -0.15) is 0 Å². The summed E-state index contributed by atoms with van der Waals surface area (Å²) in [4.78, 5) is 41.3. The molecule has 1 aromatic heterocycles. The zero-order valence-corrected chi connectivity index (χ0v) is 27.3. The Bertz CT molecular complexity index is 1950. The van der Waals surface area contributed by atoms with Gasteiger partial charge in [-0.05, 0) is 62.2 Å². The molecule has 10 nitrogen and oxygen atoms in total. The predicted octanol–water partition coefficient (Wildman–Crippen LogP) is 7.23. The summed E-state index contributed by atoms with van der Waals surface area (Å²) in [6.07, 6.45) is 4.68. The van der Waals surface area contributed by atoms with Crippen LogP contribution in [0.2, 0.25) is 10.0 Å². The Morgan fingerprint density at radius 2 is 1.72 bits per heavy atom. The summed E-state index contributed by atoms with van der Waals surface area (Å²) in [6.45, 7) is 5.45. The Hall–Kier alpha value is -4.32. The number of ether oxygens (including phenoxy) is 1. The van der Waals surface area contributed by atoms with Crippen LogP contribution < -0.4 is 16.0 Å². The van der Waals surface area contributed by atoms with Crippen molar-refractivity contribution in [2.75, 3.05) is 16.8 Å². The molecule has 3 N–H and O–H groups in total. The van der Waals surface area contributed by atoms with Crippen molar-refractivity contribution in [2.24, 2.45) is 5.73 Å². The molecule has 1 saturated carbocycles. The molecule has 240 valence electrons. The van der Waals surface area contributed by atoms with E-state index in [0.717, 1.165) is 36.1 Å². The maximum Gasteiger partial charge on any atom is 0.356 e. The van der Waals surface area contributed by atoms with E-state index in [1.165, 1.54) is 41.3 Å². The molecule has 1 fully saturated rings. The number of amides is 3. The first kappa shape index (κ1) is 33.1. The lowest BCUT2D eigenvalue weighted by molar-refractivity contribution is -0.111. The molecule has 0 atom stereocenters. The standard InChI is InChI=1S/C33H32Cl2N4O6S/c1-3-45-32(41)30-28(29-26(35)17-21(34)18-27(29)39(30)46(43,44)25-15-8-5-9-16-25)20(2)31(40)37-22-11-10-14-24(19-22)38(33(36)42)23-12-6-4-7-13-23/h5,8-11,14-19,23H,2-4,6-7,12-13H2,1H3,(H2,36,42)(H,37,40). The van der Waals surface area contributed by atoms with Crippen LogP contribution in [0, 0.1) is 0 Å². The molecule has 4 aromatic rings. The number of anilines is 2. The molecule has 3 aromatic carbocycles. The van der Waals surface area contributed by atoms with Crippen LogP contribution in [-0.2, 0) is 19.6 Å². The molecule has 46 heavy (non-hydrogen) atoms. The number of fused-ring (bicyclic) bond motifs is 1. The minimum Gasteiger partial charge on any atom is -0.461 e. The van der Waals surface area contributed by atoms with Gasteiger partial charge in [-0.1, -0.05) is 73.3 Å². The molecule has 1 aliphatic rings. The number of benzene rings is 3. The molecular weight excluding hydrogens is 651 g/mol. The second-order valence-electron chi connectivity index (χ2n) is 10.8. The van der Waals surface area contributed by atoms with E-state index in [1.807, 2.05) is 0 Å². The van der Waals surface area contributed by atoms with Crippen molar-refractivity contribution in [3.63, 3.8) is 0 Å². The highest BCUT2D eigenvalue weighted by molar-refractivity contribution is 7.90. The number of halogens is 2. The third-order valence-electron chi connectivity index (χ3n) is 7.83. The fourth-order valence-corrected chi connectivity index (χ4v) is 7.94. The molecular formula is C33H32Cl2N4O6S. The van der Waals surface area contributed by atoms with Gasteiger partial charge in [0.25, 0.3) is 15.9 Å². The van der Waals surface area contributed by atoms with Crippen molar-refractivity contribution >= 4 is 79.0 Å². The second kappa shape index (κ2) is 13.6. The average molecular weight is 684 g/mol. The van der Waals surface area contributed by atoms with Gasteiger partial charge in [0, 0.05) is 39.0 Å². The fourth-order valence-electron chi connectivity index (χ4n) is 5.84. The summed E-state index contributed by atoms with van der Waals surface area (Å²) >= 11 is 12.9. The molecule has 0 radical (unpaired) electrons. The topological polar surface area (TPSA) is 141 Å². The van der Waals surface area contributed by atoms with Gasteiger partial charge in [-0.25, -0.2) is 22.0 Å². The van der Waals surface area contributed by atoms with Crippen LogP contribution >= 0.6 is 23.2 Å². The normalized spacial score (nSPS) is 13.7. The van der Waals surface area contributed by atoms with E-state index in [9.17, 15) is 22.8 Å². The highest BCUT2D eigenvalue weighted by Gasteiger charge is 2.35. The van der Waals surface area contributed by atoms with Gasteiger partial charge >= 0.3 is 12.0 Å². The van der Waals surface area contributed by atoms with E-state index >= 15 is 0 Å². The SMILES string of the molecule is C=C(C(=O)Nc1cccc(N(C(N)=O)C2CCCCC2)c1)c1c(C(=O)OCC)n(S(=O)(=O)c2ccccc2)c2cc(Cl)cc(Cl)c12. The van der Waals surface area contributed by atoms with Gasteiger partial charge in [0.15, 0.2) is 5.69 Å². The number of carbonyl (C=O) groups is 3. The van der Waals surface area contributed by atoms with Gasteiger partial charge in [0.2, 0.25) is 0 Å². The lowest BCUT2D eigenvalue weighted by Crippen LogP contribution is -2.44. The molecule has 0 bridgehead atoms. The van der Waals surface area contributed by atoms with Gasteiger partial charge in [-0.15, -0.1) is 0 Å². The van der Waals surface area contributed by atoms with Gasteiger partial charge in [0.1, 0.15) is 0 Å². The maximum atomic E-state index is 14.1. The lowest BCUT2D eigenvalue weighted by atomic mass is 9.94. The third kappa shape index (κ3) is 6.35. The second-order valence-corrected chi connectivity index (χ2v) is 13.4. The minimum absolute atomic E-state index is 0.00871. The van der Waals surface area contributed by atoms with Crippen LogP contribution in [0.25, 0.3) is 16.5 Å². The smallest absolute Gasteiger partial charge is 0.356 e. The molecule has 0 unspecified atom stereocenters. The van der Waals surface area contributed by atoms with Crippen molar-refractivity contribution < 1.29 is 27.5 Å². The zero-order chi connectivity index (χ0) is 33.2. The molecule has 1 heterocycles. The molecule has 0 spiro atoms. The largest absolute Gasteiger partial charge is 0.461 e. The molecule has 3 amide bonds. The summed E-state index contributed by atoms with van der Waals surface area (Å²) in [7, 11) is -4.45. The van der Waals surface area contributed by atoms with Gasteiger partial charge < -0.3 is 15.8 Å². The third-order valence-corrected chi connectivity index (χ3v) is 10.1. The van der Waals surface area contributed by atoms with E-state index in [2.05, 4.69) is 11.9 Å². The summed E-state index contributed by atoms with van der Waals surface area (Å²) in [6, 6.07) is 16.2. The summed E-state index contributed by atoms with van der Waals surface area (Å²) in [5.41, 5.74) is 5.70. The predicted molar refractivity (Wildman–Crippen MR) is 180 cm³/mol. The number of carbonyl (C=O) groups excluding carboxylic acids is 3. The number of esters is 1. The molecule has 0 aliphatic heterocycles. The van der Waals surface area contributed by atoms with E-state index in [0.29, 0.717) is 11.4 Å². The number of hydrogen-bond donors (Lipinski definition) is 2. The first-order valence-electron chi connectivity index (χ1n) is 14.7. The number of nitrogens with zero attached hydrogens (tertiary/aromatic N) is 2. The number of urea groups is 1. The lowest BCUT2D eigenvalue weighted by Gasteiger charge is -2.33. The van der Waals surface area contributed by atoms with E-state index in [4.69, 9.17) is 33.7 Å². The Labute approximate surface area is 276 Å². The van der Waals surface area contributed by atoms with E-state index in [-0.39, 0.29) is 49.6 Å². The quantitative estimate of drug-likeness (QED) is 0.141. The first-order valence-corrected chi connectivity index (χ1v) is 16.9. The van der Waals surface area contributed by atoms with Crippen LogP contribution in [-0.4, -0.2) is 42.9 Å².